The maximum atomic E-state index is 11.4. The number of carbonyl (C=O) groups is 1. The molecule has 0 aromatic carbocycles. The summed E-state index contributed by atoms with van der Waals surface area (Å²) in [6.07, 6.45) is 8.41. The molecule has 1 N–H and O–H groups in total. The van der Waals surface area contributed by atoms with E-state index in [0.717, 1.165) is 49.9 Å². The highest BCUT2D eigenvalue weighted by Crippen LogP contribution is 2.63. The van der Waals surface area contributed by atoms with Crippen molar-refractivity contribution in [3.05, 3.63) is 11.1 Å². The number of hydrogen-bond donors (Lipinski definition) is 1. The van der Waals surface area contributed by atoms with E-state index in [0.29, 0.717) is 11.7 Å². The molecule has 104 valence electrons. The molecule has 4 fully saturated rings. The molecular weight excluding hydrogens is 236 g/mol. The van der Waals surface area contributed by atoms with E-state index in [9.17, 15) is 9.90 Å². The molecule has 4 saturated carbocycles. The molecule has 0 aromatic rings. The molecule has 2 heteroatoms. The third-order valence-corrected chi connectivity index (χ3v) is 6.58. The predicted octanol–water partition coefficient (Wildman–Crippen LogP) is 3.24. The second-order valence-electron chi connectivity index (χ2n) is 7.65. The van der Waals surface area contributed by atoms with Crippen LogP contribution in [0.1, 0.15) is 58.3 Å². The molecule has 19 heavy (non-hydrogen) atoms. The molecule has 5 atom stereocenters. The molecule has 4 unspecified atom stereocenters. The van der Waals surface area contributed by atoms with Crippen LogP contribution in [-0.2, 0) is 4.79 Å². The average Bonchev–Trinajstić information content (AvgIpc) is 2.98. The number of allylic oxidation sites excluding steroid dienone is 2. The van der Waals surface area contributed by atoms with Gasteiger partial charge in [-0.05, 0) is 69.1 Å². The van der Waals surface area contributed by atoms with Gasteiger partial charge in [0.2, 0.25) is 0 Å². The number of rotatable bonds is 0. The van der Waals surface area contributed by atoms with Crippen molar-refractivity contribution < 1.29 is 9.90 Å². The van der Waals surface area contributed by atoms with Gasteiger partial charge in [-0.3, -0.25) is 4.79 Å². The van der Waals surface area contributed by atoms with Crippen molar-refractivity contribution in [2.45, 2.75) is 63.9 Å². The molecular formula is C17H24O2. The number of fused-ring (bicyclic) bond motifs is 5. The molecule has 2 bridgehead atoms. The maximum absolute atomic E-state index is 11.4. The van der Waals surface area contributed by atoms with E-state index in [1.54, 1.807) is 11.1 Å². The van der Waals surface area contributed by atoms with Crippen molar-refractivity contribution in [3.63, 3.8) is 0 Å². The Hall–Kier alpha value is -0.630. The van der Waals surface area contributed by atoms with Gasteiger partial charge in [-0.1, -0.05) is 11.1 Å². The monoisotopic (exact) mass is 260 g/mol. The zero-order valence-electron chi connectivity index (χ0n) is 11.8. The van der Waals surface area contributed by atoms with Gasteiger partial charge in [-0.2, -0.15) is 0 Å². The lowest BCUT2D eigenvalue weighted by Crippen LogP contribution is -2.38. The van der Waals surface area contributed by atoms with Gasteiger partial charge in [0, 0.05) is 12.8 Å². The zero-order chi connectivity index (χ0) is 13.2. The molecule has 0 radical (unpaired) electrons. The van der Waals surface area contributed by atoms with Crippen molar-refractivity contribution >= 4 is 5.78 Å². The van der Waals surface area contributed by atoms with Crippen molar-refractivity contribution in [3.8, 4) is 0 Å². The lowest BCUT2D eigenvalue weighted by Gasteiger charge is -2.35. The van der Waals surface area contributed by atoms with Crippen LogP contribution in [0.2, 0.25) is 0 Å². The number of aliphatic hydroxyl groups is 1. The van der Waals surface area contributed by atoms with Crippen LogP contribution in [0.3, 0.4) is 0 Å². The molecule has 2 nitrogen and oxygen atoms in total. The first-order chi connectivity index (χ1) is 9.04. The summed E-state index contributed by atoms with van der Waals surface area (Å²) in [5.74, 6) is 3.36. The topological polar surface area (TPSA) is 37.3 Å². The van der Waals surface area contributed by atoms with Crippen molar-refractivity contribution in [1.82, 2.24) is 0 Å². The van der Waals surface area contributed by atoms with Gasteiger partial charge >= 0.3 is 0 Å². The fourth-order valence-corrected chi connectivity index (χ4v) is 5.69. The van der Waals surface area contributed by atoms with E-state index in [1.807, 2.05) is 0 Å². The van der Waals surface area contributed by atoms with E-state index >= 15 is 0 Å². The zero-order valence-corrected chi connectivity index (χ0v) is 11.8. The number of carbonyl (C=O) groups excluding carboxylic acids is 1. The van der Waals surface area contributed by atoms with Gasteiger partial charge in [-0.25, -0.2) is 0 Å². The van der Waals surface area contributed by atoms with Crippen LogP contribution in [0.4, 0.5) is 0 Å². The minimum absolute atomic E-state index is 0.394. The largest absolute Gasteiger partial charge is 0.390 e. The van der Waals surface area contributed by atoms with Crippen molar-refractivity contribution in [2.24, 2.45) is 23.7 Å². The average molecular weight is 260 g/mol. The molecule has 4 aliphatic carbocycles. The van der Waals surface area contributed by atoms with Gasteiger partial charge in [-0.15, -0.1) is 0 Å². The van der Waals surface area contributed by atoms with Crippen LogP contribution in [0.15, 0.2) is 11.1 Å². The highest BCUT2D eigenvalue weighted by atomic mass is 16.3. The van der Waals surface area contributed by atoms with Gasteiger partial charge in [0.15, 0.2) is 0 Å². The third kappa shape index (κ3) is 1.75. The van der Waals surface area contributed by atoms with Crippen LogP contribution < -0.4 is 0 Å². The van der Waals surface area contributed by atoms with E-state index in [2.05, 4.69) is 6.92 Å². The summed E-state index contributed by atoms with van der Waals surface area (Å²) in [7, 11) is 0. The quantitative estimate of drug-likeness (QED) is 0.679. The fraction of sp³-hybridized carbons (Fsp3) is 0.824. The Morgan fingerprint density at radius 2 is 1.74 bits per heavy atom. The first kappa shape index (κ1) is 12.1. The van der Waals surface area contributed by atoms with Crippen LogP contribution in [0.5, 0.6) is 0 Å². The smallest absolute Gasteiger partial charge is 0.133 e. The molecule has 0 heterocycles. The maximum Gasteiger partial charge on any atom is 0.133 e. The SMILES string of the molecule is C[C@]1(O)CC2CC1C1CC(=C3CCC(=O)CC3)CC21. The Labute approximate surface area is 115 Å². The van der Waals surface area contributed by atoms with Gasteiger partial charge < -0.3 is 5.11 Å². The van der Waals surface area contributed by atoms with E-state index in [-0.39, 0.29) is 0 Å². The highest BCUT2D eigenvalue weighted by Gasteiger charge is 2.59. The van der Waals surface area contributed by atoms with Gasteiger partial charge in [0.05, 0.1) is 5.60 Å². The first-order valence-corrected chi connectivity index (χ1v) is 7.98. The third-order valence-electron chi connectivity index (χ3n) is 6.58. The summed E-state index contributed by atoms with van der Waals surface area (Å²) in [6, 6.07) is 0. The Balaban J connectivity index is 1.56. The Kier molecular flexibility index (Phi) is 2.52. The summed E-state index contributed by atoms with van der Waals surface area (Å²) in [4.78, 5) is 11.4. The lowest BCUT2D eigenvalue weighted by atomic mass is 9.74. The van der Waals surface area contributed by atoms with Crippen LogP contribution >= 0.6 is 0 Å². The Morgan fingerprint density at radius 3 is 2.47 bits per heavy atom. The standard InChI is InChI=1S/C17H24O2/c1-17(19)9-12-8-16(17)15-7-11(6-14(12)15)10-2-4-13(18)5-3-10/h12,14-16,19H,2-9H2,1H3/t12?,14?,15?,16?,17-/m0/s1. The molecule has 4 rings (SSSR count). The van der Waals surface area contributed by atoms with E-state index in [1.165, 1.54) is 19.3 Å². The minimum Gasteiger partial charge on any atom is -0.390 e. The summed E-state index contributed by atoms with van der Waals surface area (Å²) < 4.78 is 0. The molecule has 0 spiro atoms. The van der Waals surface area contributed by atoms with Crippen molar-refractivity contribution in [1.29, 1.82) is 0 Å². The van der Waals surface area contributed by atoms with Crippen LogP contribution in [0.25, 0.3) is 0 Å². The van der Waals surface area contributed by atoms with Gasteiger partial charge in [0.25, 0.3) is 0 Å². The predicted molar refractivity (Wildman–Crippen MR) is 73.6 cm³/mol. The van der Waals surface area contributed by atoms with E-state index < -0.39 is 5.60 Å². The highest BCUT2D eigenvalue weighted by molar-refractivity contribution is 5.80. The number of Topliss-reactive ketones (excluding diaryl/α,β-unsaturated/α-hetero) is 1. The number of hydrogen-bond acceptors (Lipinski definition) is 2. The molecule has 4 aliphatic rings. The summed E-state index contributed by atoms with van der Waals surface area (Å²) in [5.41, 5.74) is 2.89. The van der Waals surface area contributed by atoms with Gasteiger partial charge in [0.1, 0.15) is 5.78 Å². The fourth-order valence-electron chi connectivity index (χ4n) is 5.69. The second kappa shape index (κ2) is 3.94. The molecule has 0 aromatic heterocycles. The van der Waals surface area contributed by atoms with E-state index in [4.69, 9.17) is 0 Å². The summed E-state index contributed by atoms with van der Waals surface area (Å²) in [5, 5.41) is 10.5. The second-order valence-corrected chi connectivity index (χ2v) is 7.65. The van der Waals surface area contributed by atoms with Crippen LogP contribution in [0, 0.1) is 23.7 Å². The molecule has 0 amide bonds. The molecule has 0 aliphatic heterocycles. The Morgan fingerprint density at radius 1 is 1.05 bits per heavy atom. The first-order valence-electron chi connectivity index (χ1n) is 7.98. The number of ketones is 1. The van der Waals surface area contributed by atoms with Crippen molar-refractivity contribution in [2.75, 3.05) is 0 Å². The molecule has 0 saturated heterocycles. The summed E-state index contributed by atoms with van der Waals surface area (Å²) in [6.45, 7) is 2.05. The minimum atomic E-state index is -0.394. The normalized spacial score (nSPS) is 49.1. The lowest BCUT2D eigenvalue weighted by molar-refractivity contribution is -0.119. The Bertz CT molecular complexity index is 448. The summed E-state index contributed by atoms with van der Waals surface area (Å²) >= 11 is 0. The van der Waals surface area contributed by atoms with Crippen LogP contribution in [-0.4, -0.2) is 16.5 Å².